The van der Waals surface area contributed by atoms with Crippen molar-refractivity contribution in [3.8, 4) is 0 Å². The molecule has 0 spiro atoms. The number of sulfonamides is 1. The number of carbonyl (C=O) groups excluding carboxylic acids is 1. The summed E-state index contributed by atoms with van der Waals surface area (Å²) in [5, 5.41) is 0.958. The molecule has 1 fully saturated rings. The largest absolute Gasteiger partial charge is 0.456 e. The van der Waals surface area contributed by atoms with Gasteiger partial charge in [-0.1, -0.05) is 11.6 Å². The quantitative estimate of drug-likeness (QED) is 0.560. The van der Waals surface area contributed by atoms with Crippen LogP contribution in [0.5, 0.6) is 0 Å². The molecule has 11 heteroatoms. The van der Waals surface area contributed by atoms with Gasteiger partial charge in [-0.2, -0.15) is 4.31 Å². The molecule has 0 saturated carbocycles. The molecule has 1 atom stereocenters. The Kier molecular flexibility index (Phi) is 5.91. The monoisotopic (exact) mass is 481 g/mol. The molecule has 1 aliphatic rings. The lowest BCUT2D eigenvalue weighted by Gasteiger charge is -2.22. The number of rotatable bonds is 5. The summed E-state index contributed by atoms with van der Waals surface area (Å²) in [7, 11) is -3.87. The maximum Gasteiger partial charge on any atom is 0.324 e. The summed E-state index contributed by atoms with van der Waals surface area (Å²) in [6, 6.07) is 4.87. The summed E-state index contributed by atoms with van der Waals surface area (Å²) < 4.78 is 32.4. The van der Waals surface area contributed by atoms with Gasteiger partial charge in [0.2, 0.25) is 10.0 Å². The van der Waals surface area contributed by atoms with Gasteiger partial charge in [0.15, 0.2) is 0 Å². The number of nitrogens with zero attached hydrogens (tertiary/aromatic N) is 2. The first-order valence-electron chi connectivity index (χ1n) is 9.61. The Morgan fingerprint density at radius 1 is 1.32 bits per heavy atom. The highest BCUT2D eigenvalue weighted by Crippen LogP contribution is 2.28. The fourth-order valence-corrected chi connectivity index (χ4v) is 6.43. The Morgan fingerprint density at radius 2 is 2.03 bits per heavy atom. The molecule has 3 heterocycles. The second-order valence-electron chi connectivity index (χ2n) is 7.31. The van der Waals surface area contributed by atoms with Crippen LogP contribution in [-0.2, 0) is 26.2 Å². The maximum absolute atomic E-state index is 13.0. The summed E-state index contributed by atoms with van der Waals surface area (Å²) in [5.74, 6) is -0.450. The van der Waals surface area contributed by atoms with Gasteiger partial charge in [-0.25, -0.2) is 13.4 Å². The van der Waals surface area contributed by atoms with Gasteiger partial charge >= 0.3 is 5.97 Å². The Bertz CT molecular complexity index is 1320. The van der Waals surface area contributed by atoms with E-state index >= 15 is 0 Å². The lowest BCUT2D eigenvalue weighted by Crippen LogP contribution is -2.41. The van der Waals surface area contributed by atoms with Crippen molar-refractivity contribution in [2.75, 3.05) is 6.54 Å². The van der Waals surface area contributed by atoms with E-state index in [2.05, 4.69) is 9.97 Å². The predicted octanol–water partition coefficient (Wildman–Crippen LogP) is 3.15. The minimum absolute atomic E-state index is 0.0662. The number of benzene rings is 1. The van der Waals surface area contributed by atoms with Crippen LogP contribution in [0.4, 0.5) is 0 Å². The number of esters is 1. The summed E-state index contributed by atoms with van der Waals surface area (Å²) >= 11 is 7.24. The molecular formula is C20H20ClN3O5S2. The zero-order chi connectivity index (χ0) is 22.3. The Labute approximate surface area is 187 Å². The number of carbonyl (C=O) groups is 1. The van der Waals surface area contributed by atoms with Gasteiger partial charge in [-0.3, -0.25) is 9.59 Å². The van der Waals surface area contributed by atoms with Gasteiger partial charge in [-0.15, -0.1) is 11.3 Å². The number of H-pyrrole nitrogens is 1. The van der Waals surface area contributed by atoms with Crippen molar-refractivity contribution in [1.82, 2.24) is 14.3 Å². The topological polar surface area (TPSA) is 109 Å². The van der Waals surface area contributed by atoms with Crippen LogP contribution in [0, 0.1) is 13.8 Å². The van der Waals surface area contributed by atoms with E-state index in [4.69, 9.17) is 16.3 Å². The molecule has 1 unspecified atom stereocenters. The average Bonchev–Trinajstić information content (AvgIpc) is 3.32. The summed E-state index contributed by atoms with van der Waals surface area (Å²) in [5.41, 5.74) is 0.594. The van der Waals surface area contributed by atoms with Crippen LogP contribution in [0.25, 0.3) is 10.2 Å². The minimum Gasteiger partial charge on any atom is -0.456 e. The van der Waals surface area contributed by atoms with E-state index in [0.717, 1.165) is 14.7 Å². The molecule has 1 aliphatic heterocycles. The summed E-state index contributed by atoms with van der Waals surface area (Å²) in [6.07, 6.45) is 0.902. The van der Waals surface area contributed by atoms with Crippen molar-refractivity contribution in [3.63, 3.8) is 0 Å². The molecule has 0 aliphatic carbocycles. The van der Waals surface area contributed by atoms with Crippen LogP contribution < -0.4 is 5.56 Å². The van der Waals surface area contributed by atoms with Crippen LogP contribution in [-0.4, -0.2) is 41.2 Å². The third-order valence-electron chi connectivity index (χ3n) is 5.34. The van der Waals surface area contributed by atoms with Gasteiger partial charge in [0.25, 0.3) is 5.56 Å². The van der Waals surface area contributed by atoms with E-state index in [1.165, 1.54) is 35.6 Å². The Balaban J connectivity index is 1.51. The molecule has 3 aromatic rings. The third kappa shape index (κ3) is 4.12. The molecule has 1 N–H and O–H groups in total. The summed E-state index contributed by atoms with van der Waals surface area (Å²) in [6.45, 7) is 3.75. The van der Waals surface area contributed by atoms with Crippen LogP contribution in [0.2, 0.25) is 5.02 Å². The van der Waals surface area contributed by atoms with Crippen molar-refractivity contribution in [2.45, 2.75) is 44.2 Å². The fraction of sp³-hybridized carbons (Fsp3) is 0.350. The lowest BCUT2D eigenvalue weighted by molar-refractivity contribution is -0.149. The number of aromatic nitrogens is 2. The van der Waals surface area contributed by atoms with Crippen molar-refractivity contribution < 1.29 is 17.9 Å². The van der Waals surface area contributed by atoms with Crippen LogP contribution >= 0.6 is 22.9 Å². The molecule has 0 radical (unpaired) electrons. The zero-order valence-electron chi connectivity index (χ0n) is 16.8. The molecule has 8 nitrogen and oxygen atoms in total. The number of ether oxygens (including phenoxy) is 1. The molecule has 0 amide bonds. The maximum atomic E-state index is 13.0. The molecule has 31 heavy (non-hydrogen) atoms. The van der Waals surface area contributed by atoms with E-state index < -0.39 is 22.0 Å². The normalized spacial score (nSPS) is 17.3. The molecule has 0 bridgehead atoms. The van der Waals surface area contributed by atoms with Crippen LogP contribution in [0.3, 0.4) is 0 Å². The van der Waals surface area contributed by atoms with Crippen LogP contribution in [0.15, 0.2) is 34.0 Å². The third-order valence-corrected chi connectivity index (χ3v) is 8.61. The lowest BCUT2D eigenvalue weighted by atomic mass is 10.2. The van der Waals surface area contributed by atoms with E-state index in [1.54, 1.807) is 0 Å². The van der Waals surface area contributed by atoms with E-state index in [0.29, 0.717) is 28.1 Å². The number of aromatic amines is 1. The number of hydrogen-bond donors (Lipinski definition) is 1. The number of nitrogens with one attached hydrogen (secondary N) is 1. The van der Waals surface area contributed by atoms with Crippen molar-refractivity contribution >= 4 is 49.1 Å². The number of aryl methyl sites for hydroxylation is 2. The molecule has 1 saturated heterocycles. The van der Waals surface area contributed by atoms with E-state index in [9.17, 15) is 18.0 Å². The van der Waals surface area contributed by atoms with Crippen molar-refractivity contribution in [2.24, 2.45) is 0 Å². The molecular weight excluding hydrogens is 462 g/mol. The molecule has 164 valence electrons. The number of thiophene rings is 1. The first-order chi connectivity index (χ1) is 14.7. The SMILES string of the molecule is Cc1sc2nc(COC(=O)C3CCCN3S(=O)(=O)c3ccc(Cl)cc3)[nH]c(=O)c2c1C. The molecule has 4 rings (SSSR count). The fourth-order valence-electron chi connectivity index (χ4n) is 3.61. The Hall–Kier alpha value is -2.27. The highest BCUT2D eigenvalue weighted by Gasteiger charge is 2.40. The van der Waals surface area contributed by atoms with Crippen molar-refractivity contribution in [3.05, 3.63) is 55.9 Å². The van der Waals surface area contributed by atoms with Gasteiger partial charge in [0.1, 0.15) is 23.3 Å². The molecule has 2 aromatic heterocycles. The standard InChI is InChI=1S/C20H20ClN3O5S2/c1-11-12(2)30-19-17(11)18(25)22-16(23-19)10-29-20(26)15-4-3-9-24(15)31(27,28)14-7-5-13(21)6-8-14/h5-8,15H,3-4,9-10H2,1-2H3,(H,22,23,25). The summed E-state index contributed by atoms with van der Waals surface area (Å²) in [4.78, 5) is 33.7. The van der Waals surface area contributed by atoms with E-state index in [-0.39, 0.29) is 29.4 Å². The number of halogens is 1. The second-order valence-corrected chi connectivity index (χ2v) is 10.8. The smallest absolute Gasteiger partial charge is 0.324 e. The first kappa shape index (κ1) is 21.9. The number of hydrogen-bond acceptors (Lipinski definition) is 7. The van der Waals surface area contributed by atoms with Gasteiger partial charge in [-0.05, 0) is 56.5 Å². The average molecular weight is 482 g/mol. The molecule has 1 aromatic carbocycles. The zero-order valence-corrected chi connectivity index (χ0v) is 19.2. The second kappa shape index (κ2) is 8.34. The highest BCUT2D eigenvalue weighted by atomic mass is 35.5. The van der Waals surface area contributed by atoms with E-state index in [1.807, 2.05) is 13.8 Å². The first-order valence-corrected chi connectivity index (χ1v) is 12.2. The number of fused-ring (bicyclic) bond motifs is 1. The highest BCUT2D eigenvalue weighted by molar-refractivity contribution is 7.89. The Morgan fingerprint density at radius 3 is 2.74 bits per heavy atom. The minimum atomic E-state index is -3.87. The van der Waals surface area contributed by atoms with Gasteiger partial charge < -0.3 is 9.72 Å². The van der Waals surface area contributed by atoms with Crippen LogP contribution in [0.1, 0.15) is 29.1 Å². The van der Waals surface area contributed by atoms with Gasteiger partial charge in [0.05, 0.1) is 10.3 Å². The predicted molar refractivity (Wildman–Crippen MR) is 118 cm³/mol. The van der Waals surface area contributed by atoms with Gasteiger partial charge in [0, 0.05) is 16.4 Å². The van der Waals surface area contributed by atoms with Crippen molar-refractivity contribution in [1.29, 1.82) is 0 Å².